The average Bonchev–Trinajstić information content (AvgIpc) is 3.12. The SMILES string of the molecule is COC(=O)C1(C)CC2C3=CC(=O)C4C5(C)CCC(O)C(C)(C)C5CCC4(C)C3(C)CC3OC1CC32C. The predicted molar refractivity (Wildman–Crippen MR) is 137 cm³/mol. The van der Waals surface area contributed by atoms with E-state index in [9.17, 15) is 14.7 Å². The Morgan fingerprint density at radius 1 is 0.972 bits per heavy atom. The van der Waals surface area contributed by atoms with Gasteiger partial charge in [-0.2, -0.15) is 0 Å². The van der Waals surface area contributed by atoms with Crippen molar-refractivity contribution >= 4 is 11.8 Å². The Hall–Kier alpha value is -1.20. The number of esters is 1. The van der Waals surface area contributed by atoms with Crippen molar-refractivity contribution in [2.24, 2.45) is 50.2 Å². The number of ether oxygens (including phenoxy) is 2. The molecule has 5 nitrogen and oxygen atoms in total. The van der Waals surface area contributed by atoms with Gasteiger partial charge in [0.1, 0.15) is 0 Å². The number of carbonyl (C=O) groups excluding carboxylic acids is 2. The van der Waals surface area contributed by atoms with E-state index in [1.807, 2.05) is 13.0 Å². The number of hydrogen-bond donors (Lipinski definition) is 1. The number of fused-ring (bicyclic) bond motifs is 7. The molecule has 1 saturated heterocycles. The van der Waals surface area contributed by atoms with Crippen LogP contribution in [0.1, 0.15) is 93.4 Å². The fourth-order valence-corrected chi connectivity index (χ4v) is 11.3. The minimum Gasteiger partial charge on any atom is -0.469 e. The standard InChI is InChI=1S/C31H46O5/c1-26(2)20-9-12-30(6)24(27(20,3)11-10-21(26)33)19(32)13-17-18-14-29(5,25(34)35-8)22-15-28(18,4)23(36-22)16-31(17,30)7/h13,18,20-24,33H,9-12,14-16H2,1-8H3. The van der Waals surface area contributed by atoms with Crippen molar-refractivity contribution in [2.45, 2.75) is 112 Å². The van der Waals surface area contributed by atoms with E-state index >= 15 is 0 Å². The third-order valence-corrected chi connectivity index (χ3v) is 13.7. The first-order chi connectivity index (χ1) is 16.6. The van der Waals surface area contributed by atoms with Gasteiger partial charge in [0.05, 0.1) is 30.8 Å². The van der Waals surface area contributed by atoms with E-state index in [-0.39, 0.29) is 69.0 Å². The Balaban J connectivity index is 1.49. The first-order valence-corrected chi connectivity index (χ1v) is 14.3. The Morgan fingerprint density at radius 3 is 2.33 bits per heavy atom. The van der Waals surface area contributed by atoms with Gasteiger partial charge in [-0.05, 0) is 91.4 Å². The van der Waals surface area contributed by atoms with Crippen LogP contribution in [0, 0.1) is 50.2 Å². The van der Waals surface area contributed by atoms with Gasteiger partial charge in [0.15, 0.2) is 5.78 Å². The minimum atomic E-state index is -0.687. The normalized spacial score (nSPS) is 56.7. The third kappa shape index (κ3) is 2.61. The van der Waals surface area contributed by atoms with Gasteiger partial charge in [-0.1, -0.05) is 47.1 Å². The zero-order chi connectivity index (χ0) is 26.3. The smallest absolute Gasteiger partial charge is 0.314 e. The monoisotopic (exact) mass is 498 g/mol. The Bertz CT molecular complexity index is 1060. The molecule has 0 aromatic heterocycles. The lowest BCUT2D eigenvalue weighted by molar-refractivity contribution is -0.205. The third-order valence-electron chi connectivity index (χ3n) is 13.7. The average molecular weight is 499 g/mol. The molecule has 0 radical (unpaired) electrons. The highest BCUT2D eigenvalue weighted by Crippen LogP contribution is 2.76. The number of ketones is 1. The largest absolute Gasteiger partial charge is 0.469 e. The molecule has 4 saturated carbocycles. The van der Waals surface area contributed by atoms with Crippen molar-refractivity contribution in [1.82, 2.24) is 0 Å². The van der Waals surface area contributed by atoms with Crippen LogP contribution in [0.15, 0.2) is 11.6 Å². The second kappa shape index (κ2) is 7.05. The topological polar surface area (TPSA) is 72.8 Å². The number of aliphatic hydroxyl groups excluding tert-OH is 1. The van der Waals surface area contributed by atoms with Crippen LogP contribution in [0.5, 0.6) is 0 Å². The van der Waals surface area contributed by atoms with Gasteiger partial charge < -0.3 is 14.6 Å². The van der Waals surface area contributed by atoms with Gasteiger partial charge in [0.2, 0.25) is 0 Å². The molecule has 0 spiro atoms. The van der Waals surface area contributed by atoms with Crippen molar-refractivity contribution in [3.05, 3.63) is 11.6 Å². The second-order valence-electron chi connectivity index (χ2n) is 15.4. The van der Waals surface area contributed by atoms with Crippen LogP contribution in [0.3, 0.4) is 0 Å². The Labute approximate surface area is 216 Å². The summed E-state index contributed by atoms with van der Waals surface area (Å²) in [5.74, 6) is 0.503. The number of carbonyl (C=O) groups is 2. The second-order valence-corrected chi connectivity index (χ2v) is 15.4. The number of methoxy groups -OCH3 is 1. The van der Waals surface area contributed by atoms with E-state index in [1.54, 1.807) is 0 Å². The molecule has 0 aromatic rings. The molecule has 1 aliphatic heterocycles. The highest BCUT2D eigenvalue weighted by Gasteiger charge is 2.74. The maximum atomic E-state index is 14.3. The van der Waals surface area contributed by atoms with Gasteiger partial charge in [-0.15, -0.1) is 0 Å². The number of rotatable bonds is 1. The molecule has 1 heterocycles. The summed E-state index contributed by atoms with van der Waals surface area (Å²) >= 11 is 0. The van der Waals surface area contributed by atoms with Crippen molar-refractivity contribution in [3.8, 4) is 0 Å². The van der Waals surface area contributed by atoms with Crippen LogP contribution in [0.4, 0.5) is 0 Å². The van der Waals surface area contributed by atoms with Gasteiger partial charge in [0.25, 0.3) is 0 Å². The number of hydrogen-bond acceptors (Lipinski definition) is 5. The van der Waals surface area contributed by atoms with Crippen LogP contribution in [0.25, 0.3) is 0 Å². The maximum absolute atomic E-state index is 14.3. The van der Waals surface area contributed by atoms with Crippen LogP contribution in [0.2, 0.25) is 0 Å². The molecule has 11 unspecified atom stereocenters. The van der Waals surface area contributed by atoms with E-state index in [1.165, 1.54) is 12.7 Å². The fraction of sp³-hybridized carbons (Fsp3) is 0.871. The van der Waals surface area contributed by atoms with Crippen molar-refractivity contribution in [1.29, 1.82) is 0 Å². The van der Waals surface area contributed by atoms with Crippen molar-refractivity contribution in [3.63, 3.8) is 0 Å². The lowest BCUT2D eigenvalue weighted by atomic mass is 9.33. The summed E-state index contributed by atoms with van der Waals surface area (Å²) in [4.78, 5) is 27.4. The fourth-order valence-electron chi connectivity index (χ4n) is 11.3. The molecule has 0 amide bonds. The first-order valence-electron chi connectivity index (χ1n) is 14.3. The van der Waals surface area contributed by atoms with Gasteiger partial charge in [-0.3, -0.25) is 9.59 Å². The first kappa shape index (κ1) is 25.1. The maximum Gasteiger partial charge on any atom is 0.314 e. The Morgan fingerprint density at radius 2 is 1.67 bits per heavy atom. The van der Waals surface area contributed by atoms with Gasteiger partial charge >= 0.3 is 5.97 Å². The number of aliphatic hydroxyl groups is 1. The number of allylic oxidation sites excluding steroid dienone is 2. The summed E-state index contributed by atoms with van der Waals surface area (Å²) < 4.78 is 12.1. The molecule has 6 aliphatic rings. The molecule has 5 fully saturated rings. The van der Waals surface area contributed by atoms with E-state index in [4.69, 9.17) is 9.47 Å². The lowest BCUT2D eigenvalue weighted by Crippen LogP contribution is -2.67. The summed E-state index contributed by atoms with van der Waals surface area (Å²) in [7, 11) is 1.48. The lowest BCUT2D eigenvalue weighted by Gasteiger charge is -2.70. The molecule has 1 N–H and O–H groups in total. The van der Waals surface area contributed by atoms with Crippen LogP contribution < -0.4 is 0 Å². The summed E-state index contributed by atoms with van der Waals surface area (Å²) in [6.45, 7) is 15.9. The molecular weight excluding hydrogens is 452 g/mol. The zero-order valence-electron chi connectivity index (χ0n) is 23.6. The quantitative estimate of drug-likeness (QED) is 0.484. The molecule has 5 aliphatic carbocycles. The van der Waals surface area contributed by atoms with Crippen LogP contribution >= 0.6 is 0 Å². The van der Waals surface area contributed by atoms with E-state index < -0.39 is 5.41 Å². The van der Waals surface area contributed by atoms with E-state index in [0.29, 0.717) is 12.3 Å². The highest BCUT2D eigenvalue weighted by molar-refractivity contribution is 5.95. The van der Waals surface area contributed by atoms with Crippen molar-refractivity contribution < 1.29 is 24.2 Å². The van der Waals surface area contributed by atoms with Crippen LogP contribution in [-0.2, 0) is 19.1 Å². The summed E-state index contributed by atoms with van der Waals surface area (Å²) in [5.41, 5.74) is -0.121. The molecule has 6 rings (SSSR count). The van der Waals surface area contributed by atoms with Gasteiger partial charge in [-0.25, -0.2) is 0 Å². The zero-order valence-corrected chi connectivity index (χ0v) is 23.6. The highest BCUT2D eigenvalue weighted by atomic mass is 16.5. The molecule has 0 aromatic carbocycles. The summed E-state index contributed by atoms with van der Waals surface area (Å²) in [5, 5.41) is 10.9. The van der Waals surface area contributed by atoms with Crippen LogP contribution in [-0.4, -0.2) is 42.3 Å². The minimum absolute atomic E-state index is 0.0505. The molecule has 5 heteroatoms. The molecule has 2 bridgehead atoms. The molecule has 200 valence electrons. The summed E-state index contributed by atoms with van der Waals surface area (Å²) in [6, 6.07) is 0. The van der Waals surface area contributed by atoms with E-state index in [0.717, 1.165) is 38.5 Å². The van der Waals surface area contributed by atoms with Gasteiger partial charge in [0, 0.05) is 11.3 Å². The predicted octanol–water partition coefficient (Wildman–Crippen LogP) is 5.49. The van der Waals surface area contributed by atoms with Crippen molar-refractivity contribution in [2.75, 3.05) is 7.11 Å². The molecule has 36 heavy (non-hydrogen) atoms. The summed E-state index contributed by atoms with van der Waals surface area (Å²) in [6.07, 6.45) is 7.82. The molecule has 11 atom stereocenters. The van der Waals surface area contributed by atoms with E-state index in [2.05, 4.69) is 41.5 Å². The Kier molecular flexibility index (Phi) is 4.92. The molecular formula is C31H46O5.